The molecule has 1 aliphatic rings. The van der Waals surface area contributed by atoms with Gasteiger partial charge in [0.1, 0.15) is 0 Å². The molecule has 2 heterocycles. The summed E-state index contributed by atoms with van der Waals surface area (Å²) < 4.78 is 1.94. The first kappa shape index (κ1) is 15.5. The first-order valence-corrected chi connectivity index (χ1v) is 6.56. The minimum absolute atomic E-state index is 0. The van der Waals surface area contributed by atoms with Crippen LogP contribution in [0, 0.1) is 6.92 Å². The molecule has 2 rings (SSSR count). The fourth-order valence-electron chi connectivity index (χ4n) is 2.73. The van der Waals surface area contributed by atoms with Crippen molar-refractivity contribution in [3.63, 3.8) is 0 Å². The van der Waals surface area contributed by atoms with Gasteiger partial charge in [-0.15, -0.1) is 12.4 Å². The topological polar surface area (TPSA) is 47.1 Å². The molecule has 1 saturated heterocycles. The van der Waals surface area contributed by atoms with Crippen LogP contribution in [-0.4, -0.2) is 33.3 Å². The summed E-state index contributed by atoms with van der Waals surface area (Å²) in [6, 6.07) is 0.788. The Morgan fingerprint density at radius 1 is 1.50 bits per heavy atom. The second kappa shape index (κ2) is 6.55. The minimum Gasteiger partial charge on any atom is -0.327 e. The largest absolute Gasteiger partial charge is 0.327 e. The van der Waals surface area contributed by atoms with Gasteiger partial charge in [0, 0.05) is 36.9 Å². The summed E-state index contributed by atoms with van der Waals surface area (Å²) in [7, 11) is 2.00. The Kier molecular flexibility index (Phi) is 5.63. The van der Waals surface area contributed by atoms with Crippen molar-refractivity contribution in [2.24, 2.45) is 12.8 Å². The maximum atomic E-state index is 6.09. The highest BCUT2D eigenvalue weighted by molar-refractivity contribution is 5.85. The molecule has 0 amide bonds. The van der Waals surface area contributed by atoms with Gasteiger partial charge in [-0.2, -0.15) is 5.10 Å². The van der Waals surface area contributed by atoms with Gasteiger partial charge < -0.3 is 5.73 Å². The fourth-order valence-corrected chi connectivity index (χ4v) is 2.73. The van der Waals surface area contributed by atoms with Gasteiger partial charge in [-0.3, -0.25) is 9.58 Å². The van der Waals surface area contributed by atoms with E-state index in [2.05, 4.69) is 23.8 Å². The van der Waals surface area contributed by atoms with Crippen molar-refractivity contribution in [3.05, 3.63) is 17.5 Å². The predicted octanol–water partition coefficient (Wildman–Crippen LogP) is 1.85. The van der Waals surface area contributed by atoms with Crippen LogP contribution in [0.3, 0.4) is 0 Å². The lowest BCUT2D eigenvalue weighted by atomic mass is 9.96. The van der Waals surface area contributed by atoms with Crippen LogP contribution < -0.4 is 5.73 Å². The maximum absolute atomic E-state index is 6.09. The van der Waals surface area contributed by atoms with E-state index in [1.807, 2.05) is 17.9 Å². The van der Waals surface area contributed by atoms with Crippen LogP contribution in [0.5, 0.6) is 0 Å². The lowest BCUT2D eigenvalue weighted by Gasteiger charge is -2.37. The molecule has 0 aliphatic carbocycles. The summed E-state index contributed by atoms with van der Waals surface area (Å²) in [5.74, 6) is 0. The molecular weight excluding hydrogens is 248 g/mol. The second-order valence-electron chi connectivity index (χ2n) is 5.27. The molecule has 4 nitrogen and oxygen atoms in total. The third-order valence-corrected chi connectivity index (χ3v) is 3.98. The lowest BCUT2D eigenvalue weighted by Crippen LogP contribution is -2.48. The van der Waals surface area contributed by atoms with E-state index in [0.29, 0.717) is 6.04 Å². The number of likely N-dealkylation sites (tertiary alicyclic amines) is 1. The van der Waals surface area contributed by atoms with E-state index in [1.54, 1.807) is 0 Å². The molecule has 1 aliphatic heterocycles. The number of aromatic nitrogens is 2. The average molecular weight is 273 g/mol. The van der Waals surface area contributed by atoms with E-state index in [4.69, 9.17) is 5.73 Å². The molecular formula is C13H25ClN4. The normalized spacial score (nSPS) is 22.6. The molecule has 2 atom stereocenters. The number of halogens is 1. The average Bonchev–Trinajstić information content (AvgIpc) is 2.61. The van der Waals surface area contributed by atoms with E-state index >= 15 is 0 Å². The smallest absolute Gasteiger partial charge is 0.0537 e. The molecule has 18 heavy (non-hydrogen) atoms. The van der Waals surface area contributed by atoms with Crippen molar-refractivity contribution in [2.75, 3.05) is 6.54 Å². The third-order valence-electron chi connectivity index (χ3n) is 3.98. The van der Waals surface area contributed by atoms with Gasteiger partial charge in [-0.1, -0.05) is 6.42 Å². The number of piperidine rings is 1. The maximum Gasteiger partial charge on any atom is 0.0537 e. The van der Waals surface area contributed by atoms with Gasteiger partial charge in [0.05, 0.1) is 6.20 Å². The van der Waals surface area contributed by atoms with Crippen LogP contribution in [0.2, 0.25) is 0 Å². The van der Waals surface area contributed by atoms with Crippen LogP contribution in [0.4, 0.5) is 0 Å². The summed E-state index contributed by atoms with van der Waals surface area (Å²) in [6.45, 7) is 6.42. The number of rotatable bonds is 3. The number of nitrogens with zero attached hydrogens (tertiary/aromatic N) is 3. The highest BCUT2D eigenvalue weighted by Gasteiger charge is 2.25. The molecule has 1 fully saturated rings. The van der Waals surface area contributed by atoms with E-state index < -0.39 is 0 Å². The standard InChI is InChI=1S/C13H24N4.ClH/c1-10(14)13-6-4-5-7-17(13)9-12-8-15-16(3)11(12)2;/h8,10,13H,4-7,9,14H2,1-3H3;1H. The highest BCUT2D eigenvalue weighted by atomic mass is 35.5. The summed E-state index contributed by atoms with van der Waals surface area (Å²) in [4.78, 5) is 2.53. The van der Waals surface area contributed by atoms with Crippen molar-refractivity contribution in [2.45, 2.75) is 51.7 Å². The van der Waals surface area contributed by atoms with Crippen LogP contribution in [-0.2, 0) is 13.6 Å². The minimum atomic E-state index is 0. The second-order valence-corrected chi connectivity index (χ2v) is 5.27. The van der Waals surface area contributed by atoms with Gasteiger partial charge >= 0.3 is 0 Å². The van der Waals surface area contributed by atoms with E-state index in [9.17, 15) is 0 Å². The lowest BCUT2D eigenvalue weighted by molar-refractivity contribution is 0.122. The number of hydrogen-bond donors (Lipinski definition) is 1. The Bertz CT molecular complexity index is 375. The predicted molar refractivity (Wildman–Crippen MR) is 76.9 cm³/mol. The molecule has 0 radical (unpaired) electrons. The summed E-state index contributed by atoms with van der Waals surface area (Å²) in [5, 5.41) is 4.31. The Morgan fingerprint density at radius 2 is 2.22 bits per heavy atom. The zero-order valence-corrected chi connectivity index (χ0v) is 12.4. The number of nitrogens with two attached hydrogens (primary N) is 1. The number of hydrogen-bond acceptors (Lipinski definition) is 3. The Morgan fingerprint density at radius 3 is 2.78 bits per heavy atom. The molecule has 0 spiro atoms. The molecule has 2 unspecified atom stereocenters. The molecule has 5 heteroatoms. The monoisotopic (exact) mass is 272 g/mol. The molecule has 2 N–H and O–H groups in total. The van der Waals surface area contributed by atoms with E-state index in [1.165, 1.54) is 37.1 Å². The SMILES string of the molecule is Cc1c(CN2CCCCC2C(C)N)cnn1C.Cl. The van der Waals surface area contributed by atoms with Gasteiger partial charge in [0.15, 0.2) is 0 Å². The molecule has 1 aromatic heterocycles. The van der Waals surface area contributed by atoms with Gasteiger partial charge in [0.2, 0.25) is 0 Å². The third kappa shape index (κ3) is 3.25. The van der Waals surface area contributed by atoms with Gasteiger partial charge in [-0.05, 0) is 33.2 Å². The highest BCUT2D eigenvalue weighted by Crippen LogP contribution is 2.22. The van der Waals surface area contributed by atoms with Gasteiger partial charge in [-0.25, -0.2) is 0 Å². The van der Waals surface area contributed by atoms with Crippen molar-refractivity contribution < 1.29 is 0 Å². The van der Waals surface area contributed by atoms with Crippen LogP contribution in [0.15, 0.2) is 6.20 Å². The van der Waals surface area contributed by atoms with Crippen molar-refractivity contribution in [3.8, 4) is 0 Å². The zero-order valence-electron chi connectivity index (χ0n) is 11.6. The molecule has 104 valence electrons. The Hall–Kier alpha value is -0.580. The van der Waals surface area contributed by atoms with Crippen LogP contribution in [0.25, 0.3) is 0 Å². The quantitative estimate of drug-likeness (QED) is 0.914. The van der Waals surface area contributed by atoms with Crippen LogP contribution in [0.1, 0.15) is 37.4 Å². The van der Waals surface area contributed by atoms with Gasteiger partial charge in [0.25, 0.3) is 0 Å². The van der Waals surface area contributed by atoms with Crippen molar-refractivity contribution >= 4 is 12.4 Å². The van der Waals surface area contributed by atoms with Crippen molar-refractivity contribution in [1.82, 2.24) is 14.7 Å². The summed E-state index contributed by atoms with van der Waals surface area (Å²) in [5.41, 5.74) is 8.69. The Labute approximate surface area is 116 Å². The number of aryl methyl sites for hydroxylation is 1. The van der Waals surface area contributed by atoms with Crippen molar-refractivity contribution in [1.29, 1.82) is 0 Å². The summed E-state index contributed by atoms with van der Waals surface area (Å²) >= 11 is 0. The van der Waals surface area contributed by atoms with Crippen LogP contribution >= 0.6 is 12.4 Å². The zero-order chi connectivity index (χ0) is 12.4. The fraction of sp³-hybridized carbons (Fsp3) is 0.769. The Balaban J connectivity index is 0.00000162. The first-order chi connectivity index (χ1) is 8.09. The molecule has 0 saturated carbocycles. The molecule has 0 bridgehead atoms. The molecule has 1 aromatic rings. The van der Waals surface area contributed by atoms with E-state index in [-0.39, 0.29) is 18.4 Å². The summed E-state index contributed by atoms with van der Waals surface area (Å²) in [6.07, 6.45) is 5.83. The molecule has 0 aromatic carbocycles. The first-order valence-electron chi connectivity index (χ1n) is 6.56. The van der Waals surface area contributed by atoms with E-state index in [0.717, 1.165) is 6.54 Å².